The summed E-state index contributed by atoms with van der Waals surface area (Å²) in [6.45, 7) is 15.0. The van der Waals surface area contributed by atoms with Gasteiger partial charge in [0.1, 0.15) is 0 Å². The first-order valence-corrected chi connectivity index (χ1v) is 6.94. The van der Waals surface area contributed by atoms with Gasteiger partial charge in [0, 0.05) is 6.20 Å². The van der Waals surface area contributed by atoms with Gasteiger partial charge in [0.25, 0.3) is 0 Å². The Morgan fingerprint density at radius 2 is 1.79 bits per heavy atom. The molecule has 0 aliphatic carbocycles. The molecule has 0 saturated carbocycles. The minimum absolute atomic E-state index is 0.0429. The van der Waals surface area contributed by atoms with Crippen LogP contribution in [0.4, 0.5) is 0 Å². The maximum absolute atomic E-state index is 6.23. The Morgan fingerprint density at radius 1 is 1.16 bits per heavy atom. The highest BCUT2D eigenvalue weighted by molar-refractivity contribution is 6.66. The van der Waals surface area contributed by atoms with Crippen LogP contribution in [0, 0.1) is 5.41 Å². The molecule has 0 amide bonds. The highest BCUT2D eigenvalue weighted by Gasteiger charge is 2.35. The summed E-state index contributed by atoms with van der Waals surface area (Å²) in [6, 6.07) is 4.12. The summed E-state index contributed by atoms with van der Waals surface area (Å²) in [6.07, 6.45) is 5.89. The average Bonchev–Trinajstić information content (AvgIpc) is 2.28. The molecule has 0 aliphatic rings. The van der Waals surface area contributed by atoms with Gasteiger partial charge in [-0.1, -0.05) is 39.7 Å². The summed E-state index contributed by atoms with van der Waals surface area (Å²) < 4.78 is 6.23. The van der Waals surface area contributed by atoms with Crippen LogP contribution >= 0.6 is 0 Å². The molecule has 0 aliphatic heterocycles. The quantitative estimate of drug-likeness (QED) is 0.767. The molecule has 1 aromatic rings. The Bertz CT molecular complexity index is 429. The second-order valence-electron chi connectivity index (χ2n) is 6.54. The highest BCUT2D eigenvalue weighted by atomic mass is 16.5. The van der Waals surface area contributed by atoms with Crippen LogP contribution in [0.1, 0.15) is 47.2 Å². The van der Waals surface area contributed by atoms with Crippen LogP contribution in [-0.2, 0) is 4.65 Å². The molecule has 0 spiro atoms. The molecule has 104 valence electrons. The molecule has 0 N–H and O–H groups in total. The first kappa shape index (κ1) is 16.0. The number of hydrogen-bond acceptors (Lipinski definition) is 2. The molecule has 0 atom stereocenters. The summed E-state index contributed by atoms with van der Waals surface area (Å²) in [5, 5.41) is 0. The summed E-state index contributed by atoms with van der Waals surface area (Å²) in [4.78, 5) is 4.41. The monoisotopic (exact) mass is 259 g/mol. The van der Waals surface area contributed by atoms with Crippen LogP contribution in [-0.4, -0.2) is 17.5 Å². The van der Waals surface area contributed by atoms with E-state index in [1.807, 2.05) is 31.3 Å². The average molecular weight is 259 g/mol. The van der Waals surface area contributed by atoms with Gasteiger partial charge < -0.3 is 4.65 Å². The molecule has 2 nitrogen and oxygen atoms in total. The van der Waals surface area contributed by atoms with Crippen molar-refractivity contribution in [3.05, 3.63) is 30.1 Å². The van der Waals surface area contributed by atoms with E-state index in [2.05, 4.69) is 52.5 Å². The third-order valence-corrected chi connectivity index (χ3v) is 3.89. The van der Waals surface area contributed by atoms with Crippen molar-refractivity contribution >= 4 is 18.5 Å². The molecule has 0 saturated heterocycles. The van der Waals surface area contributed by atoms with Crippen molar-refractivity contribution in [2.75, 3.05) is 0 Å². The summed E-state index contributed by atoms with van der Waals surface area (Å²) in [7, 11) is 0. The summed E-state index contributed by atoms with van der Waals surface area (Å²) in [5.74, 6) is 0. The highest BCUT2D eigenvalue weighted by Crippen LogP contribution is 2.33. The summed E-state index contributed by atoms with van der Waals surface area (Å²) >= 11 is 0. The van der Waals surface area contributed by atoms with Crippen LogP contribution in [0.2, 0.25) is 6.82 Å². The van der Waals surface area contributed by atoms with Crippen molar-refractivity contribution in [1.29, 1.82) is 0 Å². The van der Waals surface area contributed by atoms with Crippen LogP contribution in [0.15, 0.2) is 24.4 Å². The van der Waals surface area contributed by atoms with E-state index < -0.39 is 0 Å². The standard InChI is InChI=1S/C16H26BNO/c1-8-9-14-11-10-13(12-18-14)17(7)19-16(5,6)15(2,3)4/h8-12H,1-7H3/b9-8+. The van der Waals surface area contributed by atoms with E-state index in [9.17, 15) is 0 Å². The molecule has 1 aromatic heterocycles. The first-order chi connectivity index (χ1) is 8.67. The molecule has 19 heavy (non-hydrogen) atoms. The Hall–Kier alpha value is -1.09. The normalized spacial score (nSPS) is 13.0. The molecule has 0 fully saturated rings. The molecule has 0 aromatic carbocycles. The second-order valence-corrected chi connectivity index (χ2v) is 6.54. The van der Waals surface area contributed by atoms with E-state index >= 15 is 0 Å². The largest absolute Gasteiger partial charge is 0.426 e. The Balaban J connectivity index is 2.81. The van der Waals surface area contributed by atoms with Crippen molar-refractivity contribution in [3.63, 3.8) is 0 Å². The fraction of sp³-hybridized carbons (Fsp3) is 0.562. The predicted molar refractivity (Wildman–Crippen MR) is 84.8 cm³/mol. The zero-order valence-electron chi connectivity index (χ0n) is 13.3. The van der Waals surface area contributed by atoms with Crippen molar-refractivity contribution in [2.24, 2.45) is 5.41 Å². The van der Waals surface area contributed by atoms with Gasteiger partial charge in [-0.25, -0.2) is 0 Å². The van der Waals surface area contributed by atoms with Gasteiger partial charge >= 0.3 is 6.92 Å². The number of nitrogens with zero attached hydrogens (tertiary/aromatic N) is 1. The van der Waals surface area contributed by atoms with Crippen molar-refractivity contribution < 1.29 is 4.65 Å². The van der Waals surface area contributed by atoms with Crippen LogP contribution in [0.25, 0.3) is 6.08 Å². The van der Waals surface area contributed by atoms with Gasteiger partial charge in [0.05, 0.1) is 11.3 Å². The fourth-order valence-corrected chi connectivity index (χ4v) is 1.61. The number of allylic oxidation sites excluding steroid dienone is 1. The van der Waals surface area contributed by atoms with E-state index in [4.69, 9.17) is 4.65 Å². The van der Waals surface area contributed by atoms with E-state index in [0.717, 1.165) is 11.2 Å². The van der Waals surface area contributed by atoms with Crippen molar-refractivity contribution in [3.8, 4) is 0 Å². The van der Waals surface area contributed by atoms with Crippen LogP contribution < -0.4 is 5.46 Å². The number of hydrogen-bond donors (Lipinski definition) is 0. The lowest BCUT2D eigenvalue weighted by Gasteiger charge is -2.40. The summed E-state index contributed by atoms with van der Waals surface area (Å²) in [5.41, 5.74) is 2.01. The first-order valence-electron chi connectivity index (χ1n) is 6.94. The number of pyridine rings is 1. The van der Waals surface area contributed by atoms with E-state index in [1.54, 1.807) is 0 Å². The molecule has 0 bridgehead atoms. The number of aromatic nitrogens is 1. The van der Waals surface area contributed by atoms with Gasteiger partial charge in [-0.15, -0.1) is 0 Å². The minimum atomic E-state index is -0.186. The predicted octanol–water partition coefficient (Wildman–Crippen LogP) is 3.78. The minimum Gasteiger partial charge on any atom is -0.426 e. The van der Waals surface area contributed by atoms with Gasteiger partial charge in [-0.05, 0) is 43.8 Å². The van der Waals surface area contributed by atoms with Gasteiger partial charge in [-0.2, -0.15) is 0 Å². The second kappa shape index (κ2) is 5.91. The lowest BCUT2D eigenvalue weighted by molar-refractivity contribution is 0.000441. The maximum Gasteiger partial charge on any atom is 0.325 e. The van der Waals surface area contributed by atoms with Crippen LogP contribution in [0.3, 0.4) is 0 Å². The molecule has 0 unspecified atom stereocenters. The van der Waals surface area contributed by atoms with Gasteiger partial charge in [0.2, 0.25) is 0 Å². The van der Waals surface area contributed by atoms with Crippen molar-refractivity contribution in [1.82, 2.24) is 4.98 Å². The lowest BCUT2D eigenvalue weighted by atomic mass is 9.62. The van der Waals surface area contributed by atoms with Crippen LogP contribution in [0.5, 0.6) is 0 Å². The van der Waals surface area contributed by atoms with Gasteiger partial charge in [0.15, 0.2) is 0 Å². The smallest absolute Gasteiger partial charge is 0.325 e. The Morgan fingerprint density at radius 3 is 2.21 bits per heavy atom. The van der Waals surface area contributed by atoms with E-state index in [-0.39, 0.29) is 17.9 Å². The molecule has 1 rings (SSSR count). The van der Waals surface area contributed by atoms with E-state index in [0.29, 0.717) is 0 Å². The molecular formula is C16H26BNO. The third-order valence-electron chi connectivity index (χ3n) is 3.89. The molecular weight excluding hydrogens is 233 g/mol. The van der Waals surface area contributed by atoms with Gasteiger partial charge in [-0.3, -0.25) is 4.98 Å². The Kier molecular flexibility index (Phi) is 4.97. The molecule has 0 radical (unpaired) electrons. The Labute approximate surface area is 118 Å². The third kappa shape index (κ3) is 4.20. The maximum atomic E-state index is 6.23. The SMILES string of the molecule is C/C=C/c1ccc(B(C)OC(C)(C)C(C)(C)C)cn1. The molecule has 3 heteroatoms. The molecule has 1 heterocycles. The van der Waals surface area contributed by atoms with Crippen molar-refractivity contribution in [2.45, 2.75) is 54.0 Å². The van der Waals surface area contributed by atoms with E-state index in [1.165, 1.54) is 0 Å². The topological polar surface area (TPSA) is 22.1 Å². The lowest BCUT2D eigenvalue weighted by Crippen LogP contribution is -2.47. The fourth-order valence-electron chi connectivity index (χ4n) is 1.61. The zero-order valence-corrected chi connectivity index (χ0v) is 13.3. The number of rotatable bonds is 4. The zero-order chi connectivity index (χ0) is 14.7.